The molecule has 2 atom stereocenters. The Morgan fingerprint density at radius 2 is 1.71 bits per heavy atom. The molecule has 0 spiro atoms. The number of rotatable bonds is 7. The number of ether oxygens (including phenoxy) is 4. The lowest BCUT2D eigenvalue weighted by atomic mass is 10.0. The summed E-state index contributed by atoms with van der Waals surface area (Å²) < 4.78 is 20.1. The standard InChI is InChI=1S/C14H20O7/c1-8(15)21-7-10(16)14(20-4)9-5-11(18-2)13(17)12(6-9)19-3/h5-6,10,14,16-17H,7H2,1-4H3/t10-,14-/m1/s1. The second kappa shape index (κ2) is 7.70. The molecule has 0 aromatic heterocycles. The van der Waals surface area contributed by atoms with E-state index in [1.165, 1.54) is 40.4 Å². The highest BCUT2D eigenvalue weighted by Crippen LogP contribution is 2.39. The van der Waals surface area contributed by atoms with Gasteiger partial charge in [0.2, 0.25) is 5.75 Å². The van der Waals surface area contributed by atoms with Gasteiger partial charge in [-0.3, -0.25) is 4.79 Å². The maximum atomic E-state index is 10.8. The average molecular weight is 300 g/mol. The van der Waals surface area contributed by atoms with Gasteiger partial charge >= 0.3 is 5.97 Å². The number of phenolic OH excluding ortho intramolecular Hbond substituents is 1. The van der Waals surface area contributed by atoms with Gasteiger partial charge in [-0.2, -0.15) is 0 Å². The summed E-state index contributed by atoms with van der Waals surface area (Å²) in [6.45, 7) is 1.04. The van der Waals surface area contributed by atoms with Crippen LogP contribution in [0.3, 0.4) is 0 Å². The van der Waals surface area contributed by atoms with Crippen LogP contribution in [0.25, 0.3) is 0 Å². The molecule has 0 fully saturated rings. The highest BCUT2D eigenvalue weighted by Gasteiger charge is 2.25. The van der Waals surface area contributed by atoms with Crippen molar-refractivity contribution >= 4 is 5.97 Å². The predicted molar refractivity (Wildman–Crippen MR) is 73.6 cm³/mol. The fraction of sp³-hybridized carbons (Fsp3) is 0.500. The minimum Gasteiger partial charge on any atom is -0.502 e. The first-order chi connectivity index (χ1) is 9.94. The highest BCUT2D eigenvalue weighted by molar-refractivity contribution is 5.65. The number of carbonyl (C=O) groups is 1. The molecule has 7 nitrogen and oxygen atoms in total. The third-order valence-corrected chi connectivity index (χ3v) is 2.89. The van der Waals surface area contributed by atoms with E-state index in [4.69, 9.17) is 18.9 Å². The van der Waals surface area contributed by atoms with Crippen molar-refractivity contribution in [3.05, 3.63) is 17.7 Å². The zero-order chi connectivity index (χ0) is 16.0. The van der Waals surface area contributed by atoms with Gasteiger partial charge in [0.25, 0.3) is 0 Å². The van der Waals surface area contributed by atoms with Crippen LogP contribution < -0.4 is 9.47 Å². The first-order valence-corrected chi connectivity index (χ1v) is 6.23. The lowest BCUT2D eigenvalue weighted by molar-refractivity contribution is -0.147. The fourth-order valence-electron chi connectivity index (χ4n) is 1.88. The van der Waals surface area contributed by atoms with Gasteiger partial charge in [0.1, 0.15) is 18.8 Å². The maximum Gasteiger partial charge on any atom is 0.302 e. The van der Waals surface area contributed by atoms with Crippen LogP contribution in [0.1, 0.15) is 18.6 Å². The summed E-state index contributed by atoms with van der Waals surface area (Å²) >= 11 is 0. The van der Waals surface area contributed by atoms with Crippen LogP contribution in [0, 0.1) is 0 Å². The zero-order valence-electron chi connectivity index (χ0n) is 12.5. The summed E-state index contributed by atoms with van der Waals surface area (Å²) in [4.78, 5) is 10.8. The number of esters is 1. The molecule has 0 unspecified atom stereocenters. The topological polar surface area (TPSA) is 94.5 Å². The summed E-state index contributed by atoms with van der Waals surface area (Å²) in [7, 11) is 4.21. The van der Waals surface area contributed by atoms with Gasteiger partial charge < -0.3 is 29.2 Å². The van der Waals surface area contributed by atoms with Crippen LogP contribution in [0.5, 0.6) is 17.2 Å². The number of benzene rings is 1. The van der Waals surface area contributed by atoms with Crippen LogP contribution in [0.15, 0.2) is 12.1 Å². The Bertz CT molecular complexity index is 461. The van der Waals surface area contributed by atoms with Crippen molar-refractivity contribution in [2.24, 2.45) is 0 Å². The molecule has 1 aromatic carbocycles. The Morgan fingerprint density at radius 3 is 2.10 bits per heavy atom. The van der Waals surface area contributed by atoms with E-state index < -0.39 is 18.2 Å². The van der Waals surface area contributed by atoms with E-state index >= 15 is 0 Å². The second-order valence-electron chi connectivity index (χ2n) is 4.30. The smallest absolute Gasteiger partial charge is 0.302 e. The quantitative estimate of drug-likeness (QED) is 0.726. The summed E-state index contributed by atoms with van der Waals surface area (Å²) in [5, 5.41) is 19.9. The molecule has 21 heavy (non-hydrogen) atoms. The second-order valence-corrected chi connectivity index (χ2v) is 4.30. The van der Waals surface area contributed by atoms with E-state index in [0.29, 0.717) is 5.56 Å². The minimum absolute atomic E-state index is 0.145. The molecule has 0 aliphatic heterocycles. The maximum absolute atomic E-state index is 10.8. The number of aliphatic hydroxyl groups is 1. The Kier molecular flexibility index (Phi) is 6.26. The van der Waals surface area contributed by atoms with Crippen molar-refractivity contribution in [2.45, 2.75) is 19.1 Å². The molecule has 118 valence electrons. The molecular formula is C14H20O7. The summed E-state index contributed by atoms with van der Waals surface area (Å²) in [6, 6.07) is 3.03. The molecule has 0 bridgehead atoms. The summed E-state index contributed by atoms with van der Waals surface area (Å²) in [5.41, 5.74) is 0.517. The van der Waals surface area contributed by atoms with Crippen molar-refractivity contribution < 1.29 is 34.0 Å². The van der Waals surface area contributed by atoms with Gasteiger partial charge in [0.15, 0.2) is 11.5 Å². The van der Waals surface area contributed by atoms with Crippen LogP contribution in [0.2, 0.25) is 0 Å². The normalized spacial score (nSPS) is 13.4. The number of phenols is 1. The van der Waals surface area contributed by atoms with E-state index in [0.717, 1.165) is 0 Å². The number of methoxy groups -OCH3 is 3. The third kappa shape index (κ3) is 4.24. The molecule has 0 aliphatic rings. The van der Waals surface area contributed by atoms with Crippen molar-refractivity contribution in [3.63, 3.8) is 0 Å². The molecule has 0 radical (unpaired) electrons. The van der Waals surface area contributed by atoms with Crippen molar-refractivity contribution in [1.29, 1.82) is 0 Å². The summed E-state index contributed by atoms with van der Waals surface area (Å²) in [5.74, 6) is -0.268. The molecule has 2 N–H and O–H groups in total. The molecule has 1 aromatic rings. The number of carbonyl (C=O) groups excluding carboxylic acids is 1. The minimum atomic E-state index is -1.07. The number of hydrogen-bond acceptors (Lipinski definition) is 7. The van der Waals surface area contributed by atoms with E-state index in [1.807, 2.05) is 0 Å². The van der Waals surface area contributed by atoms with E-state index in [1.54, 1.807) is 0 Å². The predicted octanol–water partition coefficient (Wildman–Crippen LogP) is 1.02. The Balaban J connectivity index is 3.07. The third-order valence-electron chi connectivity index (χ3n) is 2.89. The Hall–Kier alpha value is -1.99. The Morgan fingerprint density at radius 1 is 1.19 bits per heavy atom. The molecule has 0 heterocycles. The molecule has 0 amide bonds. The van der Waals surface area contributed by atoms with E-state index in [2.05, 4.69) is 0 Å². The lowest BCUT2D eigenvalue weighted by Crippen LogP contribution is -2.26. The fourth-order valence-corrected chi connectivity index (χ4v) is 1.88. The number of aliphatic hydroxyl groups excluding tert-OH is 1. The van der Waals surface area contributed by atoms with Gasteiger partial charge in [-0.05, 0) is 17.7 Å². The Labute approximate surface area is 123 Å². The molecule has 0 aliphatic carbocycles. The van der Waals surface area contributed by atoms with Crippen molar-refractivity contribution in [1.82, 2.24) is 0 Å². The average Bonchev–Trinajstić information content (AvgIpc) is 2.47. The monoisotopic (exact) mass is 300 g/mol. The van der Waals surface area contributed by atoms with Crippen molar-refractivity contribution in [2.75, 3.05) is 27.9 Å². The van der Waals surface area contributed by atoms with Crippen LogP contribution >= 0.6 is 0 Å². The molecule has 1 rings (SSSR count). The zero-order valence-corrected chi connectivity index (χ0v) is 12.5. The van der Waals surface area contributed by atoms with Gasteiger partial charge in [-0.25, -0.2) is 0 Å². The van der Waals surface area contributed by atoms with Gasteiger partial charge in [0, 0.05) is 14.0 Å². The van der Waals surface area contributed by atoms with Crippen molar-refractivity contribution in [3.8, 4) is 17.2 Å². The number of aromatic hydroxyl groups is 1. The molecule has 7 heteroatoms. The van der Waals surface area contributed by atoms with Crippen LogP contribution in [-0.4, -0.2) is 50.2 Å². The first-order valence-electron chi connectivity index (χ1n) is 6.23. The molecular weight excluding hydrogens is 280 g/mol. The first kappa shape index (κ1) is 17.1. The summed E-state index contributed by atoms with van der Waals surface area (Å²) in [6.07, 6.45) is -1.84. The SMILES string of the molecule is COc1cc([C@@H](OC)[C@H](O)COC(C)=O)cc(OC)c1O. The highest BCUT2D eigenvalue weighted by atomic mass is 16.5. The molecule has 0 saturated carbocycles. The van der Waals surface area contributed by atoms with Gasteiger partial charge in [0.05, 0.1) is 14.2 Å². The van der Waals surface area contributed by atoms with Gasteiger partial charge in [-0.15, -0.1) is 0 Å². The molecule has 0 saturated heterocycles. The van der Waals surface area contributed by atoms with Crippen LogP contribution in [0.4, 0.5) is 0 Å². The lowest BCUT2D eigenvalue weighted by Gasteiger charge is -2.23. The van der Waals surface area contributed by atoms with Crippen LogP contribution in [-0.2, 0) is 14.3 Å². The largest absolute Gasteiger partial charge is 0.502 e. The number of hydrogen-bond donors (Lipinski definition) is 2. The van der Waals surface area contributed by atoms with E-state index in [9.17, 15) is 15.0 Å². The van der Waals surface area contributed by atoms with E-state index in [-0.39, 0.29) is 23.9 Å². The van der Waals surface area contributed by atoms with Gasteiger partial charge in [-0.1, -0.05) is 0 Å².